The van der Waals surface area contributed by atoms with Gasteiger partial charge in [0, 0.05) is 31.8 Å². The van der Waals surface area contributed by atoms with Crippen molar-refractivity contribution in [3.8, 4) is 5.75 Å². The molecule has 0 aromatic heterocycles. The number of carboxylic acid groups (broad SMARTS) is 1. The van der Waals surface area contributed by atoms with E-state index in [0.717, 1.165) is 37.7 Å². The molecule has 2 unspecified atom stereocenters. The van der Waals surface area contributed by atoms with Crippen LogP contribution in [0, 0.1) is 5.92 Å². The van der Waals surface area contributed by atoms with Crippen LogP contribution >= 0.6 is 0 Å². The molecular formula is C23H33NO4. The summed E-state index contributed by atoms with van der Waals surface area (Å²) in [5.74, 6) is 0.0230. The van der Waals surface area contributed by atoms with Crippen molar-refractivity contribution in [3.05, 3.63) is 42.0 Å². The minimum Gasteiger partial charge on any atom is -0.508 e. The molecule has 1 fully saturated rings. The van der Waals surface area contributed by atoms with Crippen LogP contribution in [-0.2, 0) is 9.59 Å². The Kier molecular flexibility index (Phi) is 9.05. The lowest BCUT2D eigenvalue weighted by molar-refractivity contribution is -0.137. The minimum atomic E-state index is -0.794. The van der Waals surface area contributed by atoms with Crippen LogP contribution in [0.15, 0.2) is 36.4 Å². The van der Waals surface area contributed by atoms with E-state index in [1.807, 2.05) is 35.3 Å². The minimum absolute atomic E-state index is 0.102. The molecule has 1 aromatic rings. The van der Waals surface area contributed by atoms with Crippen LogP contribution in [0.5, 0.6) is 5.75 Å². The van der Waals surface area contributed by atoms with Crippen molar-refractivity contribution in [2.45, 2.75) is 64.2 Å². The van der Waals surface area contributed by atoms with Gasteiger partial charge in [-0.2, -0.15) is 0 Å². The summed E-state index contributed by atoms with van der Waals surface area (Å²) in [5.41, 5.74) is 0.896. The predicted octanol–water partition coefficient (Wildman–Crippen LogP) is 4.72. The van der Waals surface area contributed by atoms with Gasteiger partial charge in [0.1, 0.15) is 5.75 Å². The fourth-order valence-electron chi connectivity index (χ4n) is 3.92. The zero-order chi connectivity index (χ0) is 20.4. The van der Waals surface area contributed by atoms with Crippen LogP contribution in [0.2, 0.25) is 0 Å². The summed E-state index contributed by atoms with van der Waals surface area (Å²) in [7, 11) is 0. The second kappa shape index (κ2) is 11.5. The molecule has 0 saturated carbocycles. The Hall–Kier alpha value is -2.30. The number of carbonyl (C=O) groups is 2. The average Bonchev–Trinajstić information content (AvgIpc) is 3.09. The Morgan fingerprint density at radius 2 is 1.89 bits per heavy atom. The van der Waals surface area contributed by atoms with Gasteiger partial charge in [-0.05, 0) is 36.8 Å². The number of hydrogen-bond donors (Lipinski definition) is 2. The molecule has 1 aliphatic rings. The number of likely N-dealkylation sites (tertiary alicyclic amines) is 1. The summed E-state index contributed by atoms with van der Waals surface area (Å²) >= 11 is 0. The number of carboxylic acids is 1. The highest BCUT2D eigenvalue weighted by molar-refractivity contribution is 5.76. The molecule has 0 bridgehead atoms. The summed E-state index contributed by atoms with van der Waals surface area (Å²) in [4.78, 5) is 25.2. The van der Waals surface area contributed by atoms with Crippen molar-refractivity contribution in [1.82, 2.24) is 4.90 Å². The number of phenols is 1. The second-order valence-electron chi connectivity index (χ2n) is 7.67. The van der Waals surface area contributed by atoms with Crippen molar-refractivity contribution in [2.24, 2.45) is 5.92 Å². The summed E-state index contributed by atoms with van der Waals surface area (Å²) < 4.78 is 0. The second-order valence-corrected chi connectivity index (χ2v) is 7.67. The van der Waals surface area contributed by atoms with Crippen molar-refractivity contribution in [1.29, 1.82) is 0 Å². The lowest BCUT2D eigenvalue weighted by atomic mass is 9.86. The zero-order valence-corrected chi connectivity index (χ0v) is 16.8. The smallest absolute Gasteiger partial charge is 0.303 e. The quantitative estimate of drug-likeness (QED) is 0.425. The number of unbranched alkanes of at least 4 members (excludes halogenated alkanes) is 3. The zero-order valence-electron chi connectivity index (χ0n) is 16.8. The molecule has 1 aromatic carbocycles. The summed E-state index contributed by atoms with van der Waals surface area (Å²) in [5, 5.41) is 19.0. The summed E-state index contributed by atoms with van der Waals surface area (Å²) in [6.45, 7) is 3.49. The van der Waals surface area contributed by atoms with Crippen molar-refractivity contribution in [3.63, 3.8) is 0 Å². The first-order chi connectivity index (χ1) is 13.5. The fourth-order valence-corrected chi connectivity index (χ4v) is 3.92. The first-order valence-corrected chi connectivity index (χ1v) is 10.4. The van der Waals surface area contributed by atoms with Crippen LogP contribution in [-0.4, -0.2) is 40.1 Å². The number of carbonyl (C=O) groups excluding carboxylic acids is 1. The van der Waals surface area contributed by atoms with E-state index in [2.05, 4.69) is 6.92 Å². The Balaban J connectivity index is 2.01. The van der Waals surface area contributed by atoms with Gasteiger partial charge in [0.05, 0.1) is 0 Å². The van der Waals surface area contributed by atoms with Gasteiger partial charge in [-0.15, -0.1) is 0 Å². The van der Waals surface area contributed by atoms with E-state index in [0.29, 0.717) is 25.9 Å². The Bertz CT molecular complexity index is 670. The number of hydrogen-bond acceptors (Lipinski definition) is 3. The van der Waals surface area contributed by atoms with Crippen LogP contribution in [0.3, 0.4) is 0 Å². The maximum absolute atomic E-state index is 12.6. The Labute approximate surface area is 168 Å². The predicted molar refractivity (Wildman–Crippen MR) is 110 cm³/mol. The number of benzene rings is 1. The molecule has 154 valence electrons. The molecule has 5 heteroatoms. The van der Waals surface area contributed by atoms with E-state index in [1.165, 1.54) is 0 Å². The van der Waals surface area contributed by atoms with Gasteiger partial charge in [0.15, 0.2) is 0 Å². The van der Waals surface area contributed by atoms with Crippen LogP contribution in [0.25, 0.3) is 0 Å². The Morgan fingerprint density at radius 1 is 1.11 bits per heavy atom. The fraction of sp³-hybridized carbons (Fsp3) is 0.565. The summed E-state index contributed by atoms with van der Waals surface area (Å²) in [6, 6.07) is 7.37. The van der Waals surface area contributed by atoms with Crippen molar-refractivity contribution in [2.75, 3.05) is 13.1 Å². The maximum Gasteiger partial charge on any atom is 0.303 e. The molecule has 2 atom stereocenters. The lowest BCUT2D eigenvalue weighted by Crippen LogP contribution is -2.28. The van der Waals surface area contributed by atoms with E-state index >= 15 is 0 Å². The van der Waals surface area contributed by atoms with Gasteiger partial charge in [0.25, 0.3) is 0 Å². The van der Waals surface area contributed by atoms with Crippen LogP contribution in [0.1, 0.15) is 69.8 Å². The molecular weight excluding hydrogens is 354 g/mol. The third-order valence-electron chi connectivity index (χ3n) is 5.50. The number of aromatic hydroxyl groups is 1. The van der Waals surface area contributed by atoms with E-state index < -0.39 is 5.97 Å². The van der Waals surface area contributed by atoms with E-state index in [9.17, 15) is 14.7 Å². The number of aliphatic carboxylic acids is 1. The normalized spacial score (nSPS) is 19.4. The monoisotopic (exact) mass is 387 g/mol. The van der Waals surface area contributed by atoms with Gasteiger partial charge >= 0.3 is 5.97 Å². The van der Waals surface area contributed by atoms with Crippen LogP contribution < -0.4 is 0 Å². The number of amides is 1. The standard InChI is InChI=1S/C23H33NO4/c1-2-3-4-7-14-22(26)24-16-18(11-6-5-8-15-23(27)28)20(17-24)19-12-9-10-13-21(19)25/h5-6,9-10,12-13,18,20,25H,2-4,7-8,11,14-17H2,1H3,(H,27,28)/b6-5-. The summed E-state index contributed by atoms with van der Waals surface area (Å²) in [6.07, 6.45) is 10.3. The van der Waals surface area contributed by atoms with E-state index in [1.54, 1.807) is 6.07 Å². The van der Waals surface area contributed by atoms with E-state index in [-0.39, 0.29) is 29.9 Å². The van der Waals surface area contributed by atoms with Crippen molar-refractivity contribution < 1.29 is 19.8 Å². The molecule has 0 spiro atoms. The number of phenolic OH excluding ortho intramolecular Hbond substituents is 1. The van der Waals surface area contributed by atoms with E-state index in [4.69, 9.17) is 5.11 Å². The Morgan fingerprint density at radius 3 is 2.61 bits per heavy atom. The van der Waals surface area contributed by atoms with Gasteiger partial charge in [-0.25, -0.2) is 0 Å². The highest BCUT2D eigenvalue weighted by atomic mass is 16.4. The first-order valence-electron chi connectivity index (χ1n) is 10.4. The molecule has 1 saturated heterocycles. The molecule has 2 N–H and O–H groups in total. The molecule has 2 rings (SSSR count). The maximum atomic E-state index is 12.6. The highest BCUT2D eigenvalue weighted by Crippen LogP contribution is 2.39. The third kappa shape index (κ3) is 6.70. The van der Waals surface area contributed by atoms with Gasteiger partial charge in [0.2, 0.25) is 5.91 Å². The third-order valence-corrected chi connectivity index (χ3v) is 5.50. The highest BCUT2D eigenvalue weighted by Gasteiger charge is 2.36. The number of nitrogens with zero attached hydrogens (tertiary/aromatic N) is 1. The number of para-hydroxylation sites is 1. The van der Waals surface area contributed by atoms with Gasteiger partial charge < -0.3 is 15.1 Å². The largest absolute Gasteiger partial charge is 0.508 e. The van der Waals surface area contributed by atoms with Crippen LogP contribution in [0.4, 0.5) is 0 Å². The molecule has 0 aliphatic carbocycles. The van der Waals surface area contributed by atoms with Gasteiger partial charge in [-0.1, -0.05) is 56.5 Å². The molecule has 1 amide bonds. The SMILES string of the molecule is CCCCCCC(=O)N1CC(C/C=C\CCC(=O)O)C(c2ccccc2O)C1. The molecule has 5 nitrogen and oxygen atoms in total. The van der Waals surface area contributed by atoms with Crippen molar-refractivity contribution >= 4 is 11.9 Å². The number of rotatable bonds is 11. The average molecular weight is 388 g/mol. The molecule has 28 heavy (non-hydrogen) atoms. The number of allylic oxidation sites excluding steroid dienone is 2. The van der Waals surface area contributed by atoms with Gasteiger partial charge in [-0.3, -0.25) is 9.59 Å². The lowest BCUT2D eigenvalue weighted by Gasteiger charge is -2.18. The molecule has 1 heterocycles. The molecule has 1 aliphatic heterocycles. The molecule has 0 radical (unpaired) electrons. The topological polar surface area (TPSA) is 77.8 Å². The first kappa shape index (κ1) is 22.0.